The van der Waals surface area contributed by atoms with E-state index < -0.39 is 5.60 Å². The molecule has 1 amide bonds. The van der Waals surface area contributed by atoms with Crippen LogP contribution < -0.4 is 9.47 Å². The summed E-state index contributed by atoms with van der Waals surface area (Å²) in [6.07, 6.45) is 5.45. The van der Waals surface area contributed by atoms with Crippen LogP contribution in [0.5, 0.6) is 11.5 Å². The molecule has 6 heteroatoms. The molecule has 0 N–H and O–H groups in total. The highest BCUT2D eigenvalue weighted by atomic mass is 16.5. The normalized spacial score (nSPS) is 24.3. The van der Waals surface area contributed by atoms with Crippen molar-refractivity contribution in [2.24, 2.45) is 0 Å². The van der Waals surface area contributed by atoms with Gasteiger partial charge in [0.25, 0.3) is 0 Å². The first-order valence-corrected chi connectivity index (χ1v) is 9.88. The van der Waals surface area contributed by atoms with Crippen LogP contribution in [-0.4, -0.2) is 55.1 Å². The summed E-state index contributed by atoms with van der Waals surface area (Å²) in [5.41, 5.74) is 0.114. The first kappa shape index (κ1) is 18.3. The number of fused-ring (bicyclic) bond motifs is 1. The molecular formula is C21H27NO5. The molecule has 3 aliphatic heterocycles. The highest BCUT2D eigenvalue weighted by molar-refractivity contribution is 6.00. The van der Waals surface area contributed by atoms with E-state index in [2.05, 4.69) is 0 Å². The van der Waals surface area contributed by atoms with E-state index in [1.54, 1.807) is 25.3 Å². The minimum absolute atomic E-state index is 0.0639. The number of ether oxygens (including phenoxy) is 3. The molecule has 1 spiro atoms. The van der Waals surface area contributed by atoms with Crippen LogP contribution in [0.1, 0.15) is 55.3 Å². The van der Waals surface area contributed by atoms with E-state index in [-0.39, 0.29) is 17.8 Å². The van der Waals surface area contributed by atoms with Gasteiger partial charge in [0.1, 0.15) is 17.1 Å². The Labute approximate surface area is 159 Å². The van der Waals surface area contributed by atoms with Crippen molar-refractivity contribution in [2.75, 3.05) is 26.8 Å². The summed E-state index contributed by atoms with van der Waals surface area (Å²) in [6.45, 7) is 2.01. The Morgan fingerprint density at radius 2 is 2.11 bits per heavy atom. The number of amides is 1. The van der Waals surface area contributed by atoms with Crippen LogP contribution in [0.4, 0.5) is 0 Å². The second kappa shape index (κ2) is 7.50. The summed E-state index contributed by atoms with van der Waals surface area (Å²) in [6, 6.07) is 5.34. The SMILES string of the molecule is COc1ccc2c(c1)OC1(CCN(C(=O)C[C@H]3CCCCO3)CC1)CC2=O. The first-order chi connectivity index (χ1) is 13.1. The average molecular weight is 373 g/mol. The topological polar surface area (TPSA) is 65.1 Å². The van der Waals surface area contributed by atoms with E-state index >= 15 is 0 Å². The molecule has 3 aliphatic rings. The van der Waals surface area contributed by atoms with Crippen molar-refractivity contribution in [1.29, 1.82) is 0 Å². The molecule has 0 saturated carbocycles. The second-order valence-electron chi connectivity index (χ2n) is 7.82. The number of ketones is 1. The maximum absolute atomic E-state index is 12.6. The Balaban J connectivity index is 1.39. The number of hydrogen-bond donors (Lipinski definition) is 0. The van der Waals surface area contributed by atoms with Gasteiger partial charge in [-0.15, -0.1) is 0 Å². The number of carbonyl (C=O) groups excluding carboxylic acids is 2. The minimum Gasteiger partial charge on any atom is -0.497 e. The number of piperidine rings is 1. The van der Waals surface area contributed by atoms with E-state index in [4.69, 9.17) is 14.2 Å². The number of carbonyl (C=O) groups is 2. The van der Waals surface area contributed by atoms with Gasteiger partial charge in [-0.3, -0.25) is 9.59 Å². The van der Waals surface area contributed by atoms with Crippen LogP contribution in [0, 0.1) is 0 Å². The molecular weight excluding hydrogens is 346 g/mol. The van der Waals surface area contributed by atoms with E-state index in [1.807, 2.05) is 4.90 Å². The Morgan fingerprint density at radius 1 is 1.30 bits per heavy atom. The molecule has 1 atom stereocenters. The molecule has 3 heterocycles. The van der Waals surface area contributed by atoms with Crippen LogP contribution in [0.2, 0.25) is 0 Å². The van der Waals surface area contributed by atoms with E-state index in [9.17, 15) is 9.59 Å². The molecule has 4 rings (SSSR count). The lowest BCUT2D eigenvalue weighted by Gasteiger charge is -2.44. The predicted octanol–water partition coefficient (Wildman–Crippen LogP) is 2.98. The quantitative estimate of drug-likeness (QED) is 0.815. The van der Waals surface area contributed by atoms with Gasteiger partial charge < -0.3 is 19.1 Å². The second-order valence-corrected chi connectivity index (χ2v) is 7.82. The van der Waals surface area contributed by atoms with E-state index in [0.717, 1.165) is 25.9 Å². The van der Waals surface area contributed by atoms with Gasteiger partial charge in [0.15, 0.2) is 5.78 Å². The number of likely N-dealkylation sites (tertiary alicyclic amines) is 1. The number of hydrogen-bond acceptors (Lipinski definition) is 5. The molecule has 0 bridgehead atoms. The highest BCUT2D eigenvalue weighted by Gasteiger charge is 2.43. The summed E-state index contributed by atoms with van der Waals surface area (Å²) >= 11 is 0. The van der Waals surface area contributed by atoms with Crippen LogP contribution in [-0.2, 0) is 9.53 Å². The molecule has 0 unspecified atom stereocenters. The number of benzene rings is 1. The molecule has 27 heavy (non-hydrogen) atoms. The average Bonchev–Trinajstić information content (AvgIpc) is 2.68. The molecule has 0 aromatic heterocycles. The summed E-state index contributed by atoms with van der Waals surface area (Å²) in [5, 5.41) is 0. The number of nitrogens with zero attached hydrogens (tertiary/aromatic N) is 1. The van der Waals surface area contributed by atoms with Crippen molar-refractivity contribution in [3.63, 3.8) is 0 Å². The Morgan fingerprint density at radius 3 is 2.81 bits per heavy atom. The lowest BCUT2D eigenvalue weighted by molar-refractivity contribution is -0.138. The number of rotatable bonds is 3. The number of methoxy groups -OCH3 is 1. The van der Waals surface area contributed by atoms with Gasteiger partial charge >= 0.3 is 0 Å². The van der Waals surface area contributed by atoms with Crippen LogP contribution in [0.3, 0.4) is 0 Å². The molecule has 2 fully saturated rings. The van der Waals surface area contributed by atoms with E-state index in [0.29, 0.717) is 55.8 Å². The number of Topliss-reactive ketones (excluding diaryl/α,β-unsaturated/α-hetero) is 1. The third-order valence-electron chi connectivity index (χ3n) is 6.00. The van der Waals surface area contributed by atoms with Crippen LogP contribution >= 0.6 is 0 Å². The molecule has 0 radical (unpaired) electrons. The van der Waals surface area contributed by atoms with Crippen molar-refractivity contribution in [2.45, 2.75) is 56.7 Å². The fourth-order valence-corrected chi connectivity index (χ4v) is 4.34. The smallest absolute Gasteiger partial charge is 0.225 e. The Hall–Kier alpha value is -2.08. The summed E-state index contributed by atoms with van der Waals surface area (Å²) in [7, 11) is 1.60. The van der Waals surface area contributed by atoms with Crippen molar-refractivity contribution in [3.8, 4) is 11.5 Å². The molecule has 0 aliphatic carbocycles. The first-order valence-electron chi connectivity index (χ1n) is 9.88. The zero-order chi connectivity index (χ0) is 18.9. The van der Waals surface area contributed by atoms with Gasteiger partial charge in [0, 0.05) is 38.6 Å². The van der Waals surface area contributed by atoms with Crippen LogP contribution in [0.15, 0.2) is 18.2 Å². The lowest BCUT2D eigenvalue weighted by Crippen LogP contribution is -2.52. The maximum Gasteiger partial charge on any atom is 0.225 e. The largest absolute Gasteiger partial charge is 0.497 e. The summed E-state index contributed by atoms with van der Waals surface area (Å²) in [5.74, 6) is 1.54. The van der Waals surface area contributed by atoms with Gasteiger partial charge in [0.2, 0.25) is 5.91 Å². The fourth-order valence-electron chi connectivity index (χ4n) is 4.34. The van der Waals surface area contributed by atoms with Gasteiger partial charge in [-0.1, -0.05) is 0 Å². The van der Waals surface area contributed by atoms with Gasteiger partial charge in [-0.05, 0) is 31.4 Å². The van der Waals surface area contributed by atoms with E-state index in [1.165, 1.54) is 0 Å². The third-order valence-corrected chi connectivity index (χ3v) is 6.00. The maximum atomic E-state index is 12.6. The molecule has 1 aromatic carbocycles. The molecule has 2 saturated heterocycles. The van der Waals surface area contributed by atoms with Crippen molar-refractivity contribution in [1.82, 2.24) is 4.90 Å². The monoisotopic (exact) mass is 373 g/mol. The molecule has 146 valence electrons. The Kier molecular flexibility index (Phi) is 5.08. The van der Waals surface area contributed by atoms with Crippen LogP contribution in [0.25, 0.3) is 0 Å². The summed E-state index contributed by atoms with van der Waals surface area (Å²) < 4.78 is 17.2. The highest BCUT2D eigenvalue weighted by Crippen LogP contribution is 2.40. The van der Waals surface area contributed by atoms with Gasteiger partial charge in [-0.2, -0.15) is 0 Å². The van der Waals surface area contributed by atoms with Gasteiger partial charge in [-0.25, -0.2) is 0 Å². The predicted molar refractivity (Wildman–Crippen MR) is 99.3 cm³/mol. The molecule has 6 nitrogen and oxygen atoms in total. The van der Waals surface area contributed by atoms with Crippen molar-refractivity contribution >= 4 is 11.7 Å². The summed E-state index contributed by atoms with van der Waals surface area (Å²) in [4.78, 5) is 27.1. The van der Waals surface area contributed by atoms with Gasteiger partial charge in [0.05, 0.1) is 31.6 Å². The zero-order valence-corrected chi connectivity index (χ0v) is 15.9. The van der Waals surface area contributed by atoms with Crippen molar-refractivity contribution in [3.05, 3.63) is 23.8 Å². The molecule has 1 aromatic rings. The zero-order valence-electron chi connectivity index (χ0n) is 15.9. The van der Waals surface area contributed by atoms with Crippen molar-refractivity contribution < 1.29 is 23.8 Å². The Bertz CT molecular complexity index is 717. The third kappa shape index (κ3) is 3.81. The standard InChI is InChI=1S/C21H27NO5/c1-25-15-5-6-17-18(23)14-21(27-19(17)12-15)7-9-22(10-8-21)20(24)13-16-4-2-3-11-26-16/h5-6,12,16H,2-4,7-11,13-14H2,1H3/t16-/m1/s1. The lowest BCUT2D eigenvalue weighted by atomic mass is 9.82. The fraction of sp³-hybridized carbons (Fsp3) is 0.619. The minimum atomic E-state index is -0.505.